The highest BCUT2D eigenvalue weighted by Crippen LogP contribution is 2.33. The summed E-state index contributed by atoms with van der Waals surface area (Å²) in [6.45, 7) is 6.76. The van der Waals surface area contributed by atoms with Gasteiger partial charge in [0.05, 0.1) is 24.3 Å². The van der Waals surface area contributed by atoms with Gasteiger partial charge in [-0.05, 0) is 58.9 Å². The fourth-order valence-electron chi connectivity index (χ4n) is 2.81. The highest BCUT2D eigenvalue weighted by Gasteiger charge is 2.34. The van der Waals surface area contributed by atoms with E-state index in [4.69, 9.17) is 9.47 Å². The smallest absolute Gasteiger partial charge is 0.133 e. The molecule has 3 nitrogen and oxygen atoms in total. The van der Waals surface area contributed by atoms with Crippen molar-refractivity contribution >= 4 is 15.9 Å². The lowest BCUT2D eigenvalue weighted by molar-refractivity contribution is -0.120. The minimum absolute atomic E-state index is 0.186. The van der Waals surface area contributed by atoms with E-state index in [0.29, 0.717) is 5.92 Å². The van der Waals surface area contributed by atoms with Gasteiger partial charge >= 0.3 is 0 Å². The minimum Gasteiger partial charge on any atom is -0.492 e. The highest BCUT2D eigenvalue weighted by molar-refractivity contribution is 9.10. The van der Waals surface area contributed by atoms with Gasteiger partial charge in [-0.25, -0.2) is 0 Å². The van der Waals surface area contributed by atoms with Gasteiger partial charge in [0.25, 0.3) is 0 Å². The third kappa shape index (κ3) is 3.18. The summed E-state index contributed by atoms with van der Waals surface area (Å²) in [5, 5.41) is 3.47. The van der Waals surface area contributed by atoms with E-state index < -0.39 is 0 Å². The lowest BCUT2D eigenvalue weighted by atomic mass is 9.90. The van der Waals surface area contributed by atoms with E-state index in [2.05, 4.69) is 46.4 Å². The van der Waals surface area contributed by atoms with Crippen molar-refractivity contribution in [2.24, 2.45) is 5.41 Å². The molecule has 2 aliphatic heterocycles. The molecule has 1 aromatic carbocycles. The molecule has 0 bridgehead atoms. The quantitative estimate of drug-likeness (QED) is 0.912. The summed E-state index contributed by atoms with van der Waals surface area (Å²) < 4.78 is 12.3. The normalized spacial score (nSPS) is 25.0. The molecule has 2 saturated heterocycles. The maximum Gasteiger partial charge on any atom is 0.133 e. The zero-order valence-electron chi connectivity index (χ0n) is 12.0. The van der Waals surface area contributed by atoms with E-state index in [-0.39, 0.29) is 5.41 Å². The Balaban J connectivity index is 1.64. The van der Waals surface area contributed by atoms with Gasteiger partial charge in [0.1, 0.15) is 5.75 Å². The molecule has 1 atom stereocenters. The SMILES string of the molecule is CC1(COc2ccc(C3CCCNC3)cc2Br)COC1. The number of benzene rings is 1. The Bertz CT molecular complexity index is 468. The van der Waals surface area contributed by atoms with Crippen molar-refractivity contribution in [3.63, 3.8) is 0 Å². The van der Waals surface area contributed by atoms with E-state index in [1.165, 1.54) is 18.4 Å². The molecule has 0 radical (unpaired) electrons. The first-order chi connectivity index (χ1) is 9.66. The van der Waals surface area contributed by atoms with Gasteiger partial charge in [0.15, 0.2) is 0 Å². The van der Waals surface area contributed by atoms with E-state index in [1.807, 2.05) is 0 Å². The van der Waals surface area contributed by atoms with Crippen LogP contribution in [0, 0.1) is 5.41 Å². The van der Waals surface area contributed by atoms with E-state index >= 15 is 0 Å². The second-order valence-electron chi connectivity index (χ2n) is 6.33. The van der Waals surface area contributed by atoms with Crippen LogP contribution in [-0.2, 0) is 4.74 Å². The Morgan fingerprint density at radius 3 is 2.90 bits per heavy atom. The van der Waals surface area contributed by atoms with Crippen LogP contribution in [0.4, 0.5) is 0 Å². The molecule has 110 valence electrons. The lowest BCUT2D eigenvalue weighted by Crippen LogP contribution is -2.44. The largest absolute Gasteiger partial charge is 0.492 e. The van der Waals surface area contributed by atoms with Gasteiger partial charge < -0.3 is 14.8 Å². The number of piperidine rings is 1. The molecular formula is C16H22BrNO2. The van der Waals surface area contributed by atoms with Crippen LogP contribution in [0.5, 0.6) is 5.75 Å². The molecular weight excluding hydrogens is 318 g/mol. The highest BCUT2D eigenvalue weighted by atomic mass is 79.9. The van der Waals surface area contributed by atoms with Crippen molar-refractivity contribution in [2.75, 3.05) is 32.9 Å². The molecule has 1 N–H and O–H groups in total. The molecule has 3 rings (SSSR count). The molecule has 2 heterocycles. The molecule has 1 unspecified atom stereocenters. The summed E-state index contributed by atoms with van der Waals surface area (Å²) in [5.74, 6) is 1.57. The maximum absolute atomic E-state index is 5.94. The average Bonchev–Trinajstić information content (AvgIpc) is 2.45. The van der Waals surface area contributed by atoms with E-state index in [1.54, 1.807) is 0 Å². The molecule has 0 aliphatic carbocycles. The Labute approximate surface area is 129 Å². The van der Waals surface area contributed by atoms with Crippen molar-refractivity contribution in [2.45, 2.75) is 25.7 Å². The first-order valence-electron chi connectivity index (χ1n) is 7.37. The molecule has 0 spiro atoms. The third-order valence-corrected chi connectivity index (χ3v) is 4.82. The van der Waals surface area contributed by atoms with Crippen LogP contribution in [0.1, 0.15) is 31.2 Å². The zero-order valence-corrected chi connectivity index (χ0v) is 13.5. The Morgan fingerprint density at radius 2 is 2.30 bits per heavy atom. The molecule has 2 aliphatic rings. The summed E-state index contributed by atoms with van der Waals surface area (Å²) in [7, 11) is 0. The standard InChI is InChI=1S/C16H22BrNO2/c1-16(9-19-10-16)11-20-15-5-4-12(7-14(15)17)13-3-2-6-18-8-13/h4-5,7,13,18H,2-3,6,8-11H2,1H3. The maximum atomic E-state index is 5.94. The Hall–Kier alpha value is -0.580. The van der Waals surface area contributed by atoms with Crippen molar-refractivity contribution in [3.8, 4) is 5.75 Å². The van der Waals surface area contributed by atoms with Crippen molar-refractivity contribution in [1.29, 1.82) is 0 Å². The van der Waals surface area contributed by atoms with Crippen molar-refractivity contribution in [1.82, 2.24) is 5.32 Å². The summed E-state index contributed by atoms with van der Waals surface area (Å²) >= 11 is 3.64. The summed E-state index contributed by atoms with van der Waals surface area (Å²) in [6.07, 6.45) is 2.54. The average molecular weight is 340 g/mol. The molecule has 4 heteroatoms. The van der Waals surface area contributed by atoms with Gasteiger partial charge in [0.2, 0.25) is 0 Å². The number of halogens is 1. The van der Waals surface area contributed by atoms with Gasteiger partial charge in [-0.1, -0.05) is 13.0 Å². The third-order valence-electron chi connectivity index (χ3n) is 4.20. The first kappa shape index (κ1) is 14.4. The summed E-state index contributed by atoms with van der Waals surface area (Å²) in [5.41, 5.74) is 1.58. The summed E-state index contributed by atoms with van der Waals surface area (Å²) in [4.78, 5) is 0. The van der Waals surface area contributed by atoms with Crippen molar-refractivity contribution in [3.05, 3.63) is 28.2 Å². The van der Waals surface area contributed by atoms with Crippen LogP contribution in [0.2, 0.25) is 0 Å². The van der Waals surface area contributed by atoms with Crippen molar-refractivity contribution < 1.29 is 9.47 Å². The van der Waals surface area contributed by atoms with Gasteiger partial charge in [0, 0.05) is 12.0 Å². The zero-order chi connectivity index (χ0) is 14.0. The topological polar surface area (TPSA) is 30.5 Å². The second kappa shape index (κ2) is 6.04. The molecule has 0 saturated carbocycles. The van der Waals surface area contributed by atoms with Crippen LogP contribution in [-0.4, -0.2) is 32.9 Å². The predicted molar refractivity (Wildman–Crippen MR) is 83.4 cm³/mol. The number of hydrogen-bond acceptors (Lipinski definition) is 3. The van der Waals surface area contributed by atoms with Crippen LogP contribution >= 0.6 is 15.9 Å². The molecule has 1 aromatic rings. The van der Waals surface area contributed by atoms with Crippen LogP contribution < -0.4 is 10.1 Å². The predicted octanol–water partition coefficient (Wildman–Crippen LogP) is 3.33. The van der Waals surface area contributed by atoms with E-state index in [9.17, 15) is 0 Å². The van der Waals surface area contributed by atoms with Crippen LogP contribution in [0.15, 0.2) is 22.7 Å². The minimum atomic E-state index is 0.186. The second-order valence-corrected chi connectivity index (χ2v) is 7.18. The summed E-state index contributed by atoms with van der Waals surface area (Å²) in [6, 6.07) is 6.51. The van der Waals surface area contributed by atoms with Crippen LogP contribution in [0.25, 0.3) is 0 Å². The number of rotatable bonds is 4. The Morgan fingerprint density at radius 1 is 1.45 bits per heavy atom. The fourth-order valence-corrected chi connectivity index (χ4v) is 3.32. The fraction of sp³-hybridized carbons (Fsp3) is 0.625. The number of ether oxygens (including phenoxy) is 2. The lowest BCUT2D eigenvalue weighted by Gasteiger charge is -2.37. The number of hydrogen-bond donors (Lipinski definition) is 1. The van der Waals surface area contributed by atoms with Gasteiger partial charge in [-0.15, -0.1) is 0 Å². The van der Waals surface area contributed by atoms with Gasteiger partial charge in [-0.3, -0.25) is 0 Å². The van der Waals surface area contributed by atoms with Gasteiger partial charge in [-0.2, -0.15) is 0 Å². The monoisotopic (exact) mass is 339 g/mol. The Kier molecular flexibility index (Phi) is 4.34. The molecule has 2 fully saturated rings. The number of nitrogens with one attached hydrogen (secondary N) is 1. The first-order valence-corrected chi connectivity index (χ1v) is 8.16. The molecule has 20 heavy (non-hydrogen) atoms. The molecule has 0 amide bonds. The molecule has 0 aromatic heterocycles. The van der Waals surface area contributed by atoms with E-state index in [0.717, 1.165) is 43.1 Å². The van der Waals surface area contributed by atoms with Crippen LogP contribution in [0.3, 0.4) is 0 Å².